The van der Waals surface area contributed by atoms with Crippen molar-refractivity contribution >= 4 is 5.91 Å². The third-order valence-electron chi connectivity index (χ3n) is 4.46. The topological polar surface area (TPSA) is 64.4 Å². The molecule has 146 valence electrons. The standard InChI is InChI=1S/C23H26N2O3/c1-16-5-7-17(8-6-16)21-13-20(28-25-21)14-24-22(26)15-27-19-11-9-18(10-12-19)23(2,3)4/h5-13H,14-15H2,1-4H3,(H,24,26). The molecule has 0 unspecified atom stereocenters. The molecule has 0 fully saturated rings. The maximum Gasteiger partial charge on any atom is 0.258 e. The van der Waals surface area contributed by atoms with Gasteiger partial charge < -0.3 is 14.6 Å². The molecule has 0 saturated carbocycles. The van der Waals surface area contributed by atoms with Crippen LogP contribution in [0.25, 0.3) is 11.3 Å². The molecule has 0 atom stereocenters. The summed E-state index contributed by atoms with van der Waals surface area (Å²) in [6.07, 6.45) is 0. The van der Waals surface area contributed by atoms with Crippen LogP contribution in [0.4, 0.5) is 0 Å². The van der Waals surface area contributed by atoms with E-state index in [-0.39, 0.29) is 24.5 Å². The number of hydrogen-bond donors (Lipinski definition) is 1. The van der Waals surface area contributed by atoms with Crippen molar-refractivity contribution in [3.8, 4) is 17.0 Å². The van der Waals surface area contributed by atoms with Gasteiger partial charge in [0.2, 0.25) is 0 Å². The van der Waals surface area contributed by atoms with Crippen molar-refractivity contribution in [2.24, 2.45) is 0 Å². The average Bonchev–Trinajstić information content (AvgIpc) is 3.14. The predicted octanol–water partition coefficient (Wildman–Crippen LogP) is 4.64. The zero-order valence-corrected chi connectivity index (χ0v) is 16.8. The first-order valence-electron chi connectivity index (χ1n) is 9.34. The lowest BCUT2D eigenvalue weighted by atomic mass is 9.87. The van der Waals surface area contributed by atoms with E-state index < -0.39 is 0 Å². The Kier molecular flexibility index (Phi) is 5.83. The summed E-state index contributed by atoms with van der Waals surface area (Å²) in [5, 5.41) is 6.84. The first-order chi connectivity index (χ1) is 13.3. The Hall–Kier alpha value is -3.08. The first kappa shape index (κ1) is 19.7. The van der Waals surface area contributed by atoms with E-state index in [1.165, 1.54) is 11.1 Å². The number of carbonyl (C=O) groups is 1. The number of benzene rings is 2. The van der Waals surface area contributed by atoms with Gasteiger partial charge in [0.15, 0.2) is 12.4 Å². The largest absolute Gasteiger partial charge is 0.484 e. The Balaban J connectivity index is 1.47. The second kappa shape index (κ2) is 8.30. The highest BCUT2D eigenvalue weighted by atomic mass is 16.5. The Morgan fingerprint density at radius 3 is 2.39 bits per heavy atom. The number of ether oxygens (including phenoxy) is 1. The Morgan fingerprint density at radius 1 is 1.07 bits per heavy atom. The summed E-state index contributed by atoms with van der Waals surface area (Å²) in [4.78, 5) is 12.0. The van der Waals surface area contributed by atoms with Gasteiger partial charge in [-0.05, 0) is 30.0 Å². The van der Waals surface area contributed by atoms with E-state index >= 15 is 0 Å². The van der Waals surface area contributed by atoms with Crippen molar-refractivity contribution in [2.45, 2.75) is 39.7 Å². The van der Waals surface area contributed by atoms with Crippen molar-refractivity contribution in [2.75, 3.05) is 6.61 Å². The van der Waals surface area contributed by atoms with E-state index in [4.69, 9.17) is 9.26 Å². The van der Waals surface area contributed by atoms with Crippen molar-refractivity contribution < 1.29 is 14.1 Å². The van der Waals surface area contributed by atoms with Crippen molar-refractivity contribution in [1.82, 2.24) is 10.5 Å². The third kappa shape index (κ3) is 5.22. The Morgan fingerprint density at radius 2 is 1.75 bits per heavy atom. The quantitative estimate of drug-likeness (QED) is 0.678. The van der Waals surface area contributed by atoms with Crippen molar-refractivity contribution in [1.29, 1.82) is 0 Å². The molecule has 0 saturated heterocycles. The molecule has 3 aromatic rings. The highest BCUT2D eigenvalue weighted by Gasteiger charge is 2.13. The second-order valence-corrected chi connectivity index (χ2v) is 7.88. The molecular formula is C23H26N2O3. The van der Waals surface area contributed by atoms with E-state index in [0.29, 0.717) is 11.5 Å². The molecule has 3 rings (SSSR count). The fourth-order valence-electron chi connectivity index (χ4n) is 2.69. The lowest BCUT2D eigenvalue weighted by Gasteiger charge is -2.19. The molecule has 0 spiro atoms. The van der Waals surface area contributed by atoms with Gasteiger partial charge >= 0.3 is 0 Å². The number of aromatic nitrogens is 1. The summed E-state index contributed by atoms with van der Waals surface area (Å²) in [5.74, 6) is 1.05. The zero-order chi connectivity index (χ0) is 20.1. The number of carbonyl (C=O) groups excluding carboxylic acids is 1. The van der Waals surface area contributed by atoms with Crippen LogP contribution in [0, 0.1) is 6.92 Å². The molecule has 1 amide bonds. The second-order valence-electron chi connectivity index (χ2n) is 7.88. The van der Waals surface area contributed by atoms with Crippen LogP contribution in [0.15, 0.2) is 59.1 Å². The predicted molar refractivity (Wildman–Crippen MR) is 109 cm³/mol. The van der Waals surface area contributed by atoms with Gasteiger partial charge in [0.1, 0.15) is 11.4 Å². The van der Waals surface area contributed by atoms with Gasteiger partial charge in [0, 0.05) is 11.6 Å². The first-order valence-corrected chi connectivity index (χ1v) is 9.34. The van der Waals surface area contributed by atoms with Gasteiger partial charge in [-0.2, -0.15) is 0 Å². The fourth-order valence-corrected chi connectivity index (χ4v) is 2.69. The average molecular weight is 378 g/mol. The van der Waals surface area contributed by atoms with Gasteiger partial charge in [-0.15, -0.1) is 0 Å². The van der Waals surface area contributed by atoms with Gasteiger partial charge in [-0.1, -0.05) is 67.9 Å². The van der Waals surface area contributed by atoms with Crippen LogP contribution in [0.3, 0.4) is 0 Å². The molecule has 28 heavy (non-hydrogen) atoms. The van der Waals surface area contributed by atoms with Crippen molar-refractivity contribution in [3.63, 3.8) is 0 Å². The van der Waals surface area contributed by atoms with E-state index in [1.54, 1.807) is 0 Å². The molecule has 0 aliphatic heterocycles. The summed E-state index contributed by atoms with van der Waals surface area (Å²) < 4.78 is 10.9. The van der Waals surface area contributed by atoms with Gasteiger partial charge in [-0.3, -0.25) is 4.79 Å². The molecule has 0 aliphatic carbocycles. The molecule has 0 aliphatic rings. The van der Waals surface area contributed by atoms with Crippen LogP contribution in [0.1, 0.15) is 37.7 Å². The third-order valence-corrected chi connectivity index (χ3v) is 4.46. The van der Waals surface area contributed by atoms with Crippen LogP contribution in [-0.2, 0) is 16.8 Å². The van der Waals surface area contributed by atoms with Gasteiger partial charge in [0.25, 0.3) is 5.91 Å². The maximum absolute atomic E-state index is 12.0. The SMILES string of the molecule is Cc1ccc(-c2cc(CNC(=O)COc3ccc(C(C)(C)C)cc3)on2)cc1. The zero-order valence-electron chi connectivity index (χ0n) is 16.8. The minimum atomic E-state index is -0.215. The summed E-state index contributed by atoms with van der Waals surface area (Å²) in [7, 11) is 0. The summed E-state index contributed by atoms with van der Waals surface area (Å²) in [6, 6.07) is 17.7. The van der Waals surface area contributed by atoms with Gasteiger partial charge in [0.05, 0.1) is 6.54 Å². The lowest BCUT2D eigenvalue weighted by molar-refractivity contribution is -0.123. The van der Waals surface area contributed by atoms with Crippen LogP contribution in [0.5, 0.6) is 5.75 Å². The molecule has 1 aromatic heterocycles. The number of amides is 1. The molecular weight excluding hydrogens is 352 g/mol. The van der Waals surface area contributed by atoms with Crippen LogP contribution < -0.4 is 10.1 Å². The molecule has 5 heteroatoms. The molecule has 2 aromatic carbocycles. The molecule has 1 heterocycles. The highest BCUT2D eigenvalue weighted by Crippen LogP contribution is 2.24. The highest BCUT2D eigenvalue weighted by molar-refractivity contribution is 5.77. The molecule has 1 N–H and O–H groups in total. The summed E-state index contributed by atoms with van der Waals surface area (Å²) in [6.45, 7) is 8.73. The maximum atomic E-state index is 12.0. The van der Waals surface area contributed by atoms with Crippen LogP contribution >= 0.6 is 0 Å². The van der Waals surface area contributed by atoms with E-state index in [0.717, 1.165) is 11.3 Å². The Labute approximate surface area is 165 Å². The van der Waals surface area contributed by atoms with E-state index in [1.807, 2.05) is 61.5 Å². The van der Waals surface area contributed by atoms with Crippen LogP contribution in [0.2, 0.25) is 0 Å². The number of nitrogens with zero attached hydrogens (tertiary/aromatic N) is 1. The minimum absolute atomic E-state index is 0.0478. The van der Waals surface area contributed by atoms with Crippen LogP contribution in [-0.4, -0.2) is 17.7 Å². The minimum Gasteiger partial charge on any atom is -0.484 e. The van der Waals surface area contributed by atoms with Crippen molar-refractivity contribution in [3.05, 3.63) is 71.5 Å². The number of hydrogen-bond acceptors (Lipinski definition) is 4. The monoisotopic (exact) mass is 378 g/mol. The number of aryl methyl sites for hydroxylation is 1. The Bertz CT molecular complexity index is 920. The fraction of sp³-hybridized carbons (Fsp3) is 0.304. The number of rotatable bonds is 6. The van der Waals surface area contributed by atoms with E-state index in [2.05, 4.69) is 31.2 Å². The number of nitrogens with one attached hydrogen (secondary N) is 1. The molecule has 0 bridgehead atoms. The molecule has 5 nitrogen and oxygen atoms in total. The summed E-state index contributed by atoms with van der Waals surface area (Å²) in [5.41, 5.74) is 4.23. The van der Waals surface area contributed by atoms with E-state index in [9.17, 15) is 4.79 Å². The normalized spacial score (nSPS) is 11.3. The lowest BCUT2D eigenvalue weighted by Crippen LogP contribution is -2.28. The molecule has 0 radical (unpaired) electrons. The van der Waals surface area contributed by atoms with Gasteiger partial charge in [-0.25, -0.2) is 0 Å². The summed E-state index contributed by atoms with van der Waals surface area (Å²) >= 11 is 0. The smallest absolute Gasteiger partial charge is 0.258 e.